The molecule has 10 heteroatoms. The Balaban J connectivity index is 1.74. The van der Waals surface area contributed by atoms with Crippen LogP contribution in [0.25, 0.3) is 6.08 Å². The highest BCUT2D eigenvalue weighted by Gasteiger charge is 2.32. The van der Waals surface area contributed by atoms with Crippen LogP contribution in [0.1, 0.15) is 95.7 Å². The second-order valence-electron chi connectivity index (χ2n) is 11.6. The monoisotopic (exact) mass is 590 g/mol. The first-order chi connectivity index (χ1) is 20.4. The standard InChI is InChI=1S/C33H42N4O6/c1-7-20-19(6)32(42)37-27(20)14-25-18(5)23(10-12-31(40)41)29(35-25)15-28-22(9-11-30(38)39)17(4)24(34-28)13-26-16(3)21(8-2)33(43)36-26/h15,26-27,35H,7-14H2,1-6H3,(H,36,43)(H,37,42)(H,38,39)(H,40,41)/t26-,27-/m0/s1. The van der Waals surface area contributed by atoms with Crippen LogP contribution in [0.5, 0.6) is 0 Å². The van der Waals surface area contributed by atoms with Gasteiger partial charge in [-0.1, -0.05) is 13.8 Å². The summed E-state index contributed by atoms with van der Waals surface area (Å²) in [5.41, 5.74) is 10.2. The van der Waals surface area contributed by atoms with Crippen LogP contribution >= 0.6 is 0 Å². The van der Waals surface area contributed by atoms with E-state index in [1.807, 2.05) is 47.6 Å². The van der Waals surface area contributed by atoms with Crippen molar-refractivity contribution in [3.05, 3.63) is 61.7 Å². The second-order valence-corrected chi connectivity index (χ2v) is 11.6. The number of carbonyl (C=O) groups is 4. The molecule has 1 aromatic heterocycles. The lowest BCUT2D eigenvalue weighted by Crippen LogP contribution is -2.31. The Hall–Kier alpha value is -4.21. The number of aliphatic imine (C=N–C) groups is 1. The van der Waals surface area contributed by atoms with E-state index in [1.165, 1.54) is 0 Å². The fraction of sp³-hybridized carbons (Fsp3) is 0.485. The third-order valence-corrected chi connectivity index (χ3v) is 9.09. The zero-order chi connectivity index (χ0) is 31.6. The van der Waals surface area contributed by atoms with E-state index in [1.54, 1.807) is 0 Å². The number of hydrogen-bond acceptors (Lipinski definition) is 5. The molecule has 0 fully saturated rings. The van der Waals surface area contributed by atoms with E-state index >= 15 is 0 Å². The first-order valence-electron chi connectivity index (χ1n) is 15.0. The molecule has 2 amide bonds. The van der Waals surface area contributed by atoms with E-state index < -0.39 is 11.9 Å². The van der Waals surface area contributed by atoms with Crippen molar-refractivity contribution in [3.63, 3.8) is 0 Å². The number of aliphatic carboxylic acids is 2. The van der Waals surface area contributed by atoms with Crippen molar-refractivity contribution in [2.45, 2.75) is 105 Å². The van der Waals surface area contributed by atoms with Gasteiger partial charge < -0.3 is 25.8 Å². The summed E-state index contributed by atoms with van der Waals surface area (Å²) in [5, 5.41) is 25.0. The van der Waals surface area contributed by atoms with Gasteiger partial charge in [0.15, 0.2) is 0 Å². The molecule has 4 rings (SSSR count). The number of nitrogens with one attached hydrogen (secondary N) is 3. The SMILES string of the molecule is CCC1=C(C)[C@H](CC2=NC(=Cc3[nH]c(C[C@@H]4NC(=O)C(C)=C4CC)c(C)c3CCC(=O)O)C(CCC(=O)O)=C2C)NC1=O. The van der Waals surface area contributed by atoms with Crippen LogP contribution < -0.4 is 10.6 Å². The Morgan fingerprint density at radius 2 is 1.49 bits per heavy atom. The summed E-state index contributed by atoms with van der Waals surface area (Å²) in [6.07, 6.45) is 4.84. The number of carboxylic acid groups (broad SMARTS) is 2. The van der Waals surface area contributed by atoms with Gasteiger partial charge in [-0.3, -0.25) is 24.2 Å². The maximum absolute atomic E-state index is 12.4. The molecule has 0 radical (unpaired) electrons. The third kappa shape index (κ3) is 6.58. The minimum atomic E-state index is -0.906. The molecular formula is C33H42N4O6. The molecule has 3 aliphatic rings. The minimum absolute atomic E-state index is 0.0459. The molecule has 10 nitrogen and oxygen atoms in total. The van der Waals surface area contributed by atoms with Crippen molar-refractivity contribution in [2.24, 2.45) is 4.99 Å². The number of aromatic amines is 1. The molecule has 3 aliphatic heterocycles. The number of amides is 2. The molecule has 0 unspecified atom stereocenters. The summed E-state index contributed by atoms with van der Waals surface area (Å²) in [5.74, 6) is -1.93. The number of allylic oxidation sites excluding steroid dienone is 2. The largest absolute Gasteiger partial charge is 0.481 e. The van der Waals surface area contributed by atoms with E-state index in [0.29, 0.717) is 37.8 Å². The predicted molar refractivity (Wildman–Crippen MR) is 165 cm³/mol. The topological polar surface area (TPSA) is 161 Å². The van der Waals surface area contributed by atoms with Crippen molar-refractivity contribution >= 4 is 35.5 Å². The second kappa shape index (κ2) is 13.0. The highest BCUT2D eigenvalue weighted by atomic mass is 16.4. The van der Waals surface area contributed by atoms with E-state index in [9.17, 15) is 29.4 Å². The summed E-state index contributed by atoms with van der Waals surface area (Å²) in [6.45, 7) is 11.7. The first-order valence-corrected chi connectivity index (χ1v) is 15.0. The van der Waals surface area contributed by atoms with Crippen molar-refractivity contribution in [1.82, 2.24) is 15.6 Å². The summed E-state index contributed by atoms with van der Waals surface area (Å²) in [6, 6.07) is -0.314. The molecule has 0 saturated carbocycles. The van der Waals surface area contributed by atoms with Crippen LogP contribution in [-0.2, 0) is 32.0 Å². The van der Waals surface area contributed by atoms with Gasteiger partial charge in [0, 0.05) is 53.9 Å². The van der Waals surface area contributed by atoms with Crippen molar-refractivity contribution in [2.75, 3.05) is 0 Å². The Bertz CT molecular complexity index is 1530. The van der Waals surface area contributed by atoms with Crippen LogP contribution in [0, 0.1) is 6.92 Å². The molecule has 4 heterocycles. The summed E-state index contributed by atoms with van der Waals surface area (Å²) >= 11 is 0. The molecule has 0 bridgehead atoms. The van der Waals surface area contributed by atoms with E-state index in [-0.39, 0.29) is 36.7 Å². The van der Waals surface area contributed by atoms with Crippen LogP contribution in [0.3, 0.4) is 0 Å². The number of H-pyrrole nitrogens is 1. The molecule has 0 spiro atoms. The van der Waals surface area contributed by atoms with Gasteiger partial charge in [-0.25, -0.2) is 0 Å². The third-order valence-electron chi connectivity index (χ3n) is 9.09. The maximum Gasteiger partial charge on any atom is 0.303 e. The Morgan fingerprint density at radius 1 is 0.837 bits per heavy atom. The number of carboxylic acids is 2. The number of rotatable bonds is 13. The highest BCUT2D eigenvalue weighted by molar-refractivity contribution is 6.07. The Morgan fingerprint density at radius 3 is 2.09 bits per heavy atom. The highest BCUT2D eigenvalue weighted by Crippen LogP contribution is 2.35. The molecule has 1 aromatic rings. The van der Waals surface area contributed by atoms with Gasteiger partial charge in [0.05, 0.1) is 17.8 Å². The fourth-order valence-corrected chi connectivity index (χ4v) is 6.49. The summed E-state index contributed by atoms with van der Waals surface area (Å²) in [4.78, 5) is 56.3. The lowest BCUT2D eigenvalue weighted by molar-refractivity contribution is -0.138. The zero-order valence-electron chi connectivity index (χ0n) is 25.9. The lowest BCUT2D eigenvalue weighted by atomic mass is 9.95. The summed E-state index contributed by atoms with van der Waals surface area (Å²) in [7, 11) is 0. The molecule has 230 valence electrons. The smallest absolute Gasteiger partial charge is 0.303 e. The van der Waals surface area contributed by atoms with Gasteiger partial charge >= 0.3 is 11.9 Å². The van der Waals surface area contributed by atoms with Gasteiger partial charge in [0.1, 0.15) is 0 Å². The van der Waals surface area contributed by atoms with E-state index in [0.717, 1.165) is 68.1 Å². The van der Waals surface area contributed by atoms with Crippen LogP contribution in [-0.4, -0.2) is 56.7 Å². The van der Waals surface area contributed by atoms with Crippen molar-refractivity contribution < 1.29 is 29.4 Å². The fourth-order valence-electron chi connectivity index (χ4n) is 6.49. The molecule has 43 heavy (non-hydrogen) atoms. The van der Waals surface area contributed by atoms with Crippen LogP contribution in [0.15, 0.2) is 44.1 Å². The molecule has 0 aromatic carbocycles. The molecular weight excluding hydrogens is 548 g/mol. The number of hydrogen-bond donors (Lipinski definition) is 5. The molecule has 2 atom stereocenters. The average molecular weight is 591 g/mol. The van der Waals surface area contributed by atoms with Gasteiger partial charge in [-0.2, -0.15) is 0 Å². The van der Waals surface area contributed by atoms with Gasteiger partial charge in [0.2, 0.25) is 11.8 Å². The maximum atomic E-state index is 12.4. The van der Waals surface area contributed by atoms with Crippen molar-refractivity contribution in [3.8, 4) is 0 Å². The number of carbonyl (C=O) groups excluding carboxylic acids is 2. The normalized spacial score (nSPS) is 21.3. The first kappa shape index (κ1) is 31.7. The number of nitrogens with zero attached hydrogens (tertiary/aromatic N) is 1. The Kier molecular flexibility index (Phi) is 9.57. The van der Waals surface area contributed by atoms with E-state index in [2.05, 4.69) is 15.6 Å². The quantitative estimate of drug-likeness (QED) is 0.224. The predicted octanol–water partition coefficient (Wildman–Crippen LogP) is 4.70. The van der Waals surface area contributed by atoms with E-state index in [4.69, 9.17) is 4.99 Å². The average Bonchev–Trinajstić information content (AvgIpc) is 3.59. The minimum Gasteiger partial charge on any atom is -0.481 e. The van der Waals surface area contributed by atoms with Gasteiger partial charge in [-0.15, -0.1) is 0 Å². The van der Waals surface area contributed by atoms with Crippen LogP contribution in [0.2, 0.25) is 0 Å². The van der Waals surface area contributed by atoms with Crippen molar-refractivity contribution in [1.29, 1.82) is 0 Å². The number of aromatic nitrogens is 1. The van der Waals surface area contributed by atoms with Gasteiger partial charge in [0.25, 0.3) is 0 Å². The van der Waals surface area contributed by atoms with Crippen LogP contribution in [0.4, 0.5) is 0 Å². The Labute approximate surface area is 252 Å². The molecule has 5 N–H and O–H groups in total. The van der Waals surface area contributed by atoms with Gasteiger partial charge in [-0.05, 0) is 92.9 Å². The molecule has 0 aliphatic carbocycles. The zero-order valence-corrected chi connectivity index (χ0v) is 25.9. The molecule has 0 saturated heterocycles. The summed E-state index contributed by atoms with van der Waals surface area (Å²) < 4.78 is 0. The lowest BCUT2D eigenvalue weighted by Gasteiger charge is -2.14.